The minimum atomic E-state index is -4.18. The van der Waals surface area contributed by atoms with Crippen LogP contribution in [-0.4, -0.2) is 20.4 Å². The maximum atomic E-state index is 11.0. The molecule has 0 unspecified atom stereocenters. The van der Waals surface area contributed by atoms with Gasteiger partial charge in [0.15, 0.2) is 0 Å². The Balaban J connectivity index is 2.64. The normalized spacial score (nSPS) is 10.6. The molecule has 7 nitrogen and oxygen atoms in total. The summed E-state index contributed by atoms with van der Waals surface area (Å²) in [7, 11) is 0.613. The van der Waals surface area contributed by atoms with Crippen LogP contribution in [0.1, 0.15) is 6.92 Å². The van der Waals surface area contributed by atoms with Gasteiger partial charge in [-0.3, -0.25) is 4.79 Å². The summed E-state index contributed by atoms with van der Waals surface area (Å²) in [6.07, 6.45) is -1.22. The van der Waals surface area contributed by atoms with Crippen LogP contribution in [0.3, 0.4) is 0 Å². The van der Waals surface area contributed by atoms with Crippen molar-refractivity contribution in [2.45, 2.75) is 6.92 Å². The quantitative estimate of drug-likeness (QED) is 0.816. The first-order chi connectivity index (χ1) is 8.26. The van der Waals surface area contributed by atoms with Gasteiger partial charge in [0.2, 0.25) is 5.91 Å². The SMILES string of the molecule is CC(=O)Nc1ccc(OC(=O)NS(=O)(=O)Cl)cc1. The van der Waals surface area contributed by atoms with Gasteiger partial charge in [0.25, 0.3) is 0 Å². The fraction of sp³-hybridized carbons (Fsp3) is 0.111. The minimum absolute atomic E-state index is 0.0990. The van der Waals surface area contributed by atoms with Crippen LogP contribution in [0.5, 0.6) is 5.75 Å². The fourth-order valence-corrected chi connectivity index (χ4v) is 1.47. The second-order valence-corrected chi connectivity index (χ2v) is 5.43. The fourth-order valence-electron chi connectivity index (χ4n) is 1.04. The van der Waals surface area contributed by atoms with Crippen LogP contribution in [0, 0.1) is 0 Å². The number of benzene rings is 1. The van der Waals surface area contributed by atoms with Gasteiger partial charge in [-0.1, -0.05) is 0 Å². The first-order valence-corrected chi connectivity index (χ1v) is 6.89. The third-order valence-corrected chi connectivity index (χ3v) is 2.23. The van der Waals surface area contributed by atoms with Gasteiger partial charge < -0.3 is 10.1 Å². The highest BCUT2D eigenvalue weighted by molar-refractivity contribution is 8.12. The van der Waals surface area contributed by atoms with Crippen molar-refractivity contribution in [3.05, 3.63) is 24.3 Å². The molecule has 1 rings (SSSR count). The number of hydrogen-bond acceptors (Lipinski definition) is 5. The maximum Gasteiger partial charge on any atom is 0.427 e. The molecule has 1 aromatic rings. The lowest BCUT2D eigenvalue weighted by molar-refractivity contribution is -0.114. The number of hydrogen-bond donors (Lipinski definition) is 2. The number of ether oxygens (including phenoxy) is 1. The highest BCUT2D eigenvalue weighted by Crippen LogP contribution is 2.15. The van der Waals surface area contributed by atoms with Crippen LogP contribution < -0.4 is 14.8 Å². The first kappa shape index (κ1) is 14.3. The maximum absolute atomic E-state index is 11.0. The van der Waals surface area contributed by atoms with Crippen molar-refractivity contribution in [2.24, 2.45) is 0 Å². The number of amides is 2. The monoisotopic (exact) mass is 292 g/mol. The molecule has 0 aliphatic rings. The molecule has 0 radical (unpaired) electrons. The number of rotatable bonds is 3. The summed E-state index contributed by atoms with van der Waals surface area (Å²) in [4.78, 5) is 21.8. The summed E-state index contributed by atoms with van der Waals surface area (Å²) in [6, 6.07) is 5.73. The van der Waals surface area contributed by atoms with Gasteiger partial charge in [-0.25, -0.2) is 9.52 Å². The zero-order valence-electron chi connectivity index (χ0n) is 9.14. The summed E-state index contributed by atoms with van der Waals surface area (Å²) in [6.45, 7) is 1.35. The predicted octanol–water partition coefficient (Wildman–Crippen LogP) is 1.22. The van der Waals surface area contributed by atoms with E-state index in [9.17, 15) is 18.0 Å². The van der Waals surface area contributed by atoms with E-state index >= 15 is 0 Å². The summed E-state index contributed by atoms with van der Waals surface area (Å²) >= 11 is 0. The van der Waals surface area contributed by atoms with E-state index in [0.29, 0.717) is 5.69 Å². The van der Waals surface area contributed by atoms with Crippen LogP contribution in [0.2, 0.25) is 0 Å². The Kier molecular flexibility index (Phi) is 4.51. The average molecular weight is 293 g/mol. The Morgan fingerprint density at radius 2 is 1.78 bits per heavy atom. The molecule has 1 aromatic carbocycles. The third-order valence-electron chi connectivity index (χ3n) is 1.59. The highest BCUT2D eigenvalue weighted by atomic mass is 35.7. The third kappa shape index (κ3) is 5.51. The van der Waals surface area contributed by atoms with E-state index in [2.05, 4.69) is 10.1 Å². The van der Waals surface area contributed by atoms with Gasteiger partial charge in [0, 0.05) is 23.3 Å². The second-order valence-electron chi connectivity index (χ2n) is 3.13. The molecule has 0 aliphatic heterocycles. The molecular formula is C9H9ClN2O5S. The molecule has 0 fully saturated rings. The van der Waals surface area contributed by atoms with Crippen molar-refractivity contribution < 1.29 is 22.7 Å². The molecule has 98 valence electrons. The van der Waals surface area contributed by atoms with E-state index in [4.69, 9.17) is 10.7 Å². The molecule has 0 saturated carbocycles. The van der Waals surface area contributed by atoms with Crippen LogP contribution in [0.25, 0.3) is 0 Å². The molecule has 2 amide bonds. The molecule has 0 heterocycles. The standard InChI is InChI=1S/C9H9ClN2O5S/c1-6(13)11-7-2-4-8(5-3-7)17-9(14)12-18(10,15)16/h2-5H,1H3,(H,11,13)(H,12,14). The largest absolute Gasteiger partial charge is 0.427 e. The Morgan fingerprint density at radius 3 is 2.22 bits per heavy atom. The smallest absolute Gasteiger partial charge is 0.410 e. The van der Waals surface area contributed by atoms with E-state index in [1.807, 2.05) is 0 Å². The van der Waals surface area contributed by atoms with Crippen molar-refractivity contribution in [1.82, 2.24) is 4.72 Å². The number of carbonyl (C=O) groups excluding carboxylic acids is 2. The van der Waals surface area contributed by atoms with Crippen LogP contribution >= 0.6 is 10.7 Å². The molecule has 0 aromatic heterocycles. The number of anilines is 1. The predicted molar refractivity (Wildman–Crippen MR) is 64.7 cm³/mol. The van der Waals surface area contributed by atoms with Gasteiger partial charge >= 0.3 is 15.3 Å². The highest BCUT2D eigenvalue weighted by Gasteiger charge is 2.12. The Bertz CT molecular complexity index is 555. The van der Waals surface area contributed by atoms with Gasteiger partial charge in [-0.2, -0.15) is 8.42 Å². The lowest BCUT2D eigenvalue weighted by Crippen LogP contribution is -2.29. The van der Waals surface area contributed by atoms with Crippen LogP contribution in [0.4, 0.5) is 10.5 Å². The van der Waals surface area contributed by atoms with Crippen LogP contribution in [0.15, 0.2) is 24.3 Å². The summed E-state index contributed by atoms with van der Waals surface area (Å²) in [5, 5.41) is 2.51. The summed E-state index contributed by atoms with van der Waals surface area (Å²) < 4.78 is 27.1. The van der Waals surface area contributed by atoms with E-state index < -0.39 is 15.3 Å². The molecule has 0 spiro atoms. The number of nitrogens with one attached hydrogen (secondary N) is 2. The lowest BCUT2D eigenvalue weighted by Gasteiger charge is -2.05. The van der Waals surface area contributed by atoms with Crippen molar-refractivity contribution in [1.29, 1.82) is 0 Å². The van der Waals surface area contributed by atoms with Crippen molar-refractivity contribution >= 4 is 37.6 Å². The summed E-state index contributed by atoms with van der Waals surface area (Å²) in [5.41, 5.74) is 0.514. The van der Waals surface area contributed by atoms with Crippen molar-refractivity contribution in [2.75, 3.05) is 5.32 Å². The van der Waals surface area contributed by atoms with Gasteiger partial charge in [-0.15, -0.1) is 0 Å². The number of carbonyl (C=O) groups is 2. The lowest BCUT2D eigenvalue weighted by atomic mass is 10.3. The van der Waals surface area contributed by atoms with Gasteiger partial charge in [0.1, 0.15) is 5.75 Å². The van der Waals surface area contributed by atoms with Crippen molar-refractivity contribution in [3.8, 4) is 5.75 Å². The Hall–Kier alpha value is -1.80. The molecule has 0 bridgehead atoms. The van der Waals surface area contributed by atoms with E-state index in [0.717, 1.165) is 0 Å². The first-order valence-electron chi connectivity index (χ1n) is 4.58. The molecule has 0 saturated heterocycles. The number of halogens is 1. The summed E-state index contributed by atoms with van der Waals surface area (Å²) in [5.74, 6) is -0.142. The molecule has 18 heavy (non-hydrogen) atoms. The minimum Gasteiger partial charge on any atom is -0.410 e. The van der Waals surface area contributed by atoms with Crippen LogP contribution in [-0.2, 0) is 14.0 Å². The Morgan fingerprint density at radius 1 is 1.22 bits per heavy atom. The Labute approximate surface area is 108 Å². The zero-order chi connectivity index (χ0) is 13.8. The zero-order valence-corrected chi connectivity index (χ0v) is 10.7. The molecular weight excluding hydrogens is 284 g/mol. The average Bonchev–Trinajstić information content (AvgIpc) is 2.17. The molecule has 9 heteroatoms. The molecule has 2 N–H and O–H groups in total. The van der Waals surface area contributed by atoms with E-state index in [1.54, 1.807) is 0 Å². The van der Waals surface area contributed by atoms with E-state index in [-0.39, 0.29) is 11.7 Å². The topological polar surface area (TPSA) is 102 Å². The van der Waals surface area contributed by atoms with Gasteiger partial charge in [0.05, 0.1) is 0 Å². The molecule has 0 atom stereocenters. The van der Waals surface area contributed by atoms with E-state index in [1.165, 1.54) is 35.9 Å². The molecule has 0 aliphatic carbocycles. The second kappa shape index (κ2) is 5.69. The van der Waals surface area contributed by atoms with Gasteiger partial charge in [-0.05, 0) is 24.3 Å². The van der Waals surface area contributed by atoms with Crippen molar-refractivity contribution in [3.63, 3.8) is 0 Å².